The Labute approximate surface area is 63.2 Å². The molecule has 1 heterocycles. The molecule has 5 nitrogen and oxygen atoms in total. The number of carbonyl (C=O) groups is 1. The van der Waals surface area contributed by atoms with Crippen LogP contribution in [0, 0.1) is 0 Å². The molecule has 11 heavy (non-hydrogen) atoms. The molecule has 0 saturated carbocycles. The zero-order valence-electron chi connectivity index (χ0n) is 5.80. The molecule has 0 aromatic carbocycles. The molecule has 5 heteroatoms. The van der Waals surface area contributed by atoms with Gasteiger partial charge >= 0.3 is 5.97 Å². The van der Waals surface area contributed by atoms with Gasteiger partial charge in [0.2, 0.25) is 0 Å². The lowest BCUT2D eigenvalue weighted by atomic mass is 10.1. The van der Waals surface area contributed by atoms with Gasteiger partial charge in [0, 0.05) is 6.42 Å². The molecule has 1 aliphatic heterocycles. The van der Waals surface area contributed by atoms with E-state index in [1.165, 1.54) is 0 Å². The van der Waals surface area contributed by atoms with Gasteiger partial charge in [-0.3, -0.25) is 0 Å². The minimum atomic E-state index is -1.38. The molecule has 0 aromatic heterocycles. The fourth-order valence-corrected chi connectivity index (χ4v) is 0.868. The van der Waals surface area contributed by atoms with Gasteiger partial charge in [-0.15, -0.1) is 0 Å². The zero-order chi connectivity index (χ0) is 8.43. The van der Waals surface area contributed by atoms with Crippen LogP contribution in [0.15, 0.2) is 0 Å². The Kier molecular flexibility index (Phi) is 2.43. The van der Waals surface area contributed by atoms with Crippen LogP contribution in [-0.4, -0.2) is 46.2 Å². The molecule has 0 radical (unpaired) electrons. The number of epoxide rings is 1. The van der Waals surface area contributed by atoms with Crippen LogP contribution in [0.1, 0.15) is 6.42 Å². The number of aliphatic carboxylic acids is 1. The van der Waals surface area contributed by atoms with Gasteiger partial charge in [0.15, 0.2) is 6.10 Å². The van der Waals surface area contributed by atoms with Gasteiger partial charge in [-0.2, -0.15) is 0 Å². The molecule has 1 fully saturated rings. The summed E-state index contributed by atoms with van der Waals surface area (Å²) < 4.78 is 4.81. The second-order valence-corrected chi connectivity index (χ2v) is 2.49. The van der Waals surface area contributed by atoms with Gasteiger partial charge in [0.25, 0.3) is 0 Å². The normalized spacial score (nSPS) is 31.5. The van der Waals surface area contributed by atoms with Crippen molar-refractivity contribution >= 4 is 5.97 Å². The van der Waals surface area contributed by atoms with Crippen LogP contribution in [0.2, 0.25) is 0 Å². The molecule has 0 spiro atoms. The van der Waals surface area contributed by atoms with E-state index in [1.807, 2.05) is 0 Å². The number of hydrogen-bond donors (Lipinski definition) is 3. The molecule has 0 amide bonds. The molecule has 0 aliphatic carbocycles. The topological polar surface area (TPSA) is 90.3 Å². The first-order chi connectivity index (χ1) is 5.15. The first-order valence-corrected chi connectivity index (χ1v) is 3.32. The number of aliphatic hydroxyl groups is 2. The maximum absolute atomic E-state index is 10.1. The van der Waals surface area contributed by atoms with E-state index in [1.54, 1.807) is 0 Å². The summed E-state index contributed by atoms with van der Waals surface area (Å²) in [5.74, 6) is -1.25. The summed E-state index contributed by atoms with van der Waals surface area (Å²) in [7, 11) is 0. The predicted octanol–water partition coefficient (Wildman–Crippen LogP) is -1.42. The van der Waals surface area contributed by atoms with Gasteiger partial charge in [-0.05, 0) is 0 Å². The lowest BCUT2D eigenvalue weighted by molar-refractivity contribution is -0.147. The van der Waals surface area contributed by atoms with Crippen molar-refractivity contribution in [1.82, 2.24) is 0 Å². The van der Waals surface area contributed by atoms with E-state index in [0.717, 1.165) is 0 Å². The van der Waals surface area contributed by atoms with Crippen LogP contribution >= 0.6 is 0 Å². The predicted molar refractivity (Wildman–Crippen MR) is 34.0 cm³/mol. The molecule has 1 saturated heterocycles. The molecule has 0 aromatic rings. The van der Waals surface area contributed by atoms with Crippen molar-refractivity contribution in [2.45, 2.75) is 24.7 Å². The Morgan fingerprint density at radius 3 is 2.55 bits per heavy atom. The highest BCUT2D eigenvalue weighted by molar-refractivity contribution is 5.71. The molecule has 3 atom stereocenters. The van der Waals surface area contributed by atoms with Crippen molar-refractivity contribution in [1.29, 1.82) is 0 Å². The summed E-state index contributed by atoms with van der Waals surface area (Å²) in [6, 6.07) is 0. The van der Waals surface area contributed by atoms with E-state index >= 15 is 0 Å². The standard InChI is InChI=1S/C6H10O5/c7-2-5-4(11-5)1-3(8)6(9)10/h3-5,7-8H,1-2H2,(H,9,10)/t3-,4-,5-/m0/s1. The third kappa shape index (κ3) is 2.14. The molecule has 1 rings (SSSR count). The average molecular weight is 162 g/mol. The van der Waals surface area contributed by atoms with E-state index in [9.17, 15) is 4.79 Å². The zero-order valence-corrected chi connectivity index (χ0v) is 5.80. The highest BCUT2D eigenvalue weighted by Gasteiger charge is 2.40. The largest absolute Gasteiger partial charge is 0.479 e. The Hall–Kier alpha value is -0.650. The highest BCUT2D eigenvalue weighted by atomic mass is 16.6. The van der Waals surface area contributed by atoms with Gasteiger partial charge in [0.05, 0.1) is 12.7 Å². The number of rotatable bonds is 4. The van der Waals surface area contributed by atoms with E-state index in [0.29, 0.717) is 0 Å². The number of hydrogen-bond acceptors (Lipinski definition) is 4. The second-order valence-electron chi connectivity index (χ2n) is 2.49. The number of carboxylic acid groups (broad SMARTS) is 1. The first-order valence-electron chi connectivity index (χ1n) is 3.32. The van der Waals surface area contributed by atoms with E-state index < -0.39 is 12.1 Å². The van der Waals surface area contributed by atoms with E-state index in [2.05, 4.69) is 0 Å². The summed E-state index contributed by atoms with van der Waals surface area (Å²) >= 11 is 0. The fraction of sp³-hybridized carbons (Fsp3) is 0.833. The Morgan fingerprint density at radius 1 is 1.55 bits per heavy atom. The van der Waals surface area contributed by atoms with Crippen LogP contribution < -0.4 is 0 Å². The number of carboxylic acids is 1. The van der Waals surface area contributed by atoms with Crippen LogP contribution in [0.25, 0.3) is 0 Å². The summed E-state index contributed by atoms with van der Waals surface area (Å²) in [5, 5.41) is 25.5. The van der Waals surface area contributed by atoms with Gasteiger partial charge in [-0.25, -0.2) is 4.79 Å². The highest BCUT2D eigenvalue weighted by Crippen LogP contribution is 2.25. The maximum atomic E-state index is 10.1. The number of aliphatic hydroxyl groups excluding tert-OH is 2. The molecule has 64 valence electrons. The fourth-order valence-electron chi connectivity index (χ4n) is 0.868. The van der Waals surface area contributed by atoms with Gasteiger partial charge < -0.3 is 20.1 Å². The van der Waals surface area contributed by atoms with E-state index in [4.69, 9.17) is 20.1 Å². The first kappa shape index (κ1) is 8.45. The third-order valence-electron chi connectivity index (χ3n) is 1.61. The van der Waals surface area contributed by atoms with Crippen molar-refractivity contribution in [2.24, 2.45) is 0 Å². The van der Waals surface area contributed by atoms with Crippen LogP contribution in [0.5, 0.6) is 0 Å². The van der Waals surface area contributed by atoms with Crippen molar-refractivity contribution in [3.63, 3.8) is 0 Å². The second kappa shape index (κ2) is 3.17. The lowest BCUT2D eigenvalue weighted by Gasteiger charge is -2.00. The minimum absolute atomic E-state index is 0.0561. The minimum Gasteiger partial charge on any atom is -0.479 e. The number of ether oxygens (including phenoxy) is 1. The quantitative estimate of drug-likeness (QED) is 0.441. The van der Waals surface area contributed by atoms with Crippen LogP contribution in [-0.2, 0) is 9.53 Å². The van der Waals surface area contributed by atoms with Crippen molar-refractivity contribution in [3.8, 4) is 0 Å². The summed E-state index contributed by atoms with van der Waals surface area (Å²) in [6.07, 6.45) is -1.88. The SMILES string of the molecule is O=C(O)[C@@H](O)C[C@@H]1O[C@H]1CO. The molecule has 1 aliphatic rings. The monoisotopic (exact) mass is 162 g/mol. The maximum Gasteiger partial charge on any atom is 0.332 e. The van der Waals surface area contributed by atoms with E-state index in [-0.39, 0.29) is 25.2 Å². The van der Waals surface area contributed by atoms with Crippen LogP contribution in [0.4, 0.5) is 0 Å². The molecule has 0 bridgehead atoms. The smallest absolute Gasteiger partial charge is 0.332 e. The van der Waals surface area contributed by atoms with Crippen molar-refractivity contribution < 1.29 is 24.9 Å². The third-order valence-corrected chi connectivity index (χ3v) is 1.61. The van der Waals surface area contributed by atoms with Gasteiger partial charge in [0.1, 0.15) is 6.10 Å². The lowest BCUT2D eigenvalue weighted by Crippen LogP contribution is -2.22. The summed E-state index contributed by atoms with van der Waals surface area (Å²) in [6.45, 7) is -0.114. The van der Waals surface area contributed by atoms with Crippen LogP contribution in [0.3, 0.4) is 0 Å². The summed E-state index contributed by atoms with van der Waals surface area (Å²) in [4.78, 5) is 10.1. The summed E-state index contributed by atoms with van der Waals surface area (Å²) in [5.41, 5.74) is 0. The molecule has 3 N–H and O–H groups in total. The Morgan fingerprint density at radius 2 is 2.18 bits per heavy atom. The molecule has 0 unspecified atom stereocenters. The Balaban J connectivity index is 2.18. The Bertz CT molecular complexity index is 157. The molecular formula is C6H10O5. The average Bonchev–Trinajstić information content (AvgIpc) is 2.67. The molecular weight excluding hydrogens is 152 g/mol. The van der Waals surface area contributed by atoms with Gasteiger partial charge in [-0.1, -0.05) is 0 Å². The van der Waals surface area contributed by atoms with Crippen molar-refractivity contribution in [2.75, 3.05) is 6.61 Å². The van der Waals surface area contributed by atoms with Crippen molar-refractivity contribution in [3.05, 3.63) is 0 Å².